The zero-order chi connectivity index (χ0) is 12.6. The summed E-state index contributed by atoms with van der Waals surface area (Å²) < 4.78 is 18.3. The zero-order valence-corrected chi connectivity index (χ0v) is 10.1. The van der Waals surface area contributed by atoms with Gasteiger partial charge in [-0.3, -0.25) is 0 Å². The third-order valence-corrected chi connectivity index (χ3v) is 2.57. The number of halogens is 2. The van der Waals surface area contributed by atoms with E-state index in [4.69, 9.17) is 21.9 Å². The van der Waals surface area contributed by atoms with Crippen LogP contribution in [0.1, 0.15) is 19.7 Å². The van der Waals surface area contributed by atoms with E-state index in [2.05, 4.69) is 10.1 Å². The van der Waals surface area contributed by atoms with Gasteiger partial charge in [-0.2, -0.15) is 4.98 Å². The van der Waals surface area contributed by atoms with E-state index >= 15 is 0 Å². The van der Waals surface area contributed by atoms with Crippen LogP contribution < -0.4 is 5.73 Å². The Morgan fingerprint density at radius 3 is 2.71 bits per heavy atom. The molecular weight excluding hydrogens is 245 g/mol. The number of rotatable bonds is 2. The number of hydrogen-bond donors (Lipinski definition) is 1. The predicted octanol–water partition coefficient (Wildman–Crippen LogP) is 2.72. The summed E-state index contributed by atoms with van der Waals surface area (Å²) in [5.74, 6) is -0.0354. The van der Waals surface area contributed by atoms with E-state index in [1.807, 2.05) is 0 Å². The minimum absolute atomic E-state index is 0.0440. The van der Waals surface area contributed by atoms with Crippen molar-refractivity contribution >= 4 is 11.6 Å². The molecule has 17 heavy (non-hydrogen) atoms. The number of nitrogens with zero attached hydrogens (tertiary/aromatic N) is 2. The summed E-state index contributed by atoms with van der Waals surface area (Å²) in [4.78, 5) is 4.10. The summed E-state index contributed by atoms with van der Waals surface area (Å²) in [5.41, 5.74) is 5.46. The van der Waals surface area contributed by atoms with E-state index in [1.165, 1.54) is 12.1 Å². The van der Waals surface area contributed by atoms with Gasteiger partial charge >= 0.3 is 0 Å². The molecule has 0 aliphatic rings. The third-order valence-electron chi connectivity index (χ3n) is 2.18. The second kappa shape index (κ2) is 4.09. The normalized spacial score (nSPS) is 11.8. The van der Waals surface area contributed by atoms with Crippen LogP contribution in [0.25, 0.3) is 11.5 Å². The highest BCUT2D eigenvalue weighted by atomic mass is 35.5. The summed E-state index contributed by atoms with van der Waals surface area (Å²) in [6, 6.07) is 4.39. The molecule has 4 nitrogen and oxygen atoms in total. The van der Waals surface area contributed by atoms with E-state index in [9.17, 15) is 4.39 Å². The van der Waals surface area contributed by atoms with E-state index in [0.29, 0.717) is 11.4 Å². The second-order valence-corrected chi connectivity index (χ2v) is 4.62. The largest absolute Gasteiger partial charge is 0.334 e. The molecule has 0 spiro atoms. The molecular formula is C11H11ClFN3O. The van der Waals surface area contributed by atoms with Crippen molar-refractivity contribution in [1.29, 1.82) is 0 Å². The van der Waals surface area contributed by atoms with Gasteiger partial charge in [-0.15, -0.1) is 0 Å². The summed E-state index contributed by atoms with van der Waals surface area (Å²) in [7, 11) is 0. The van der Waals surface area contributed by atoms with Crippen molar-refractivity contribution in [3.05, 3.63) is 34.9 Å². The van der Waals surface area contributed by atoms with Gasteiger partial charge in [0, 0.05) is 0 Å². The van der Waals surface area contributed by atoms with Gasteiger partial charge in [0.2, 0.25) is 0 Å². The fraction of sp³-hybridized carbons (Fsp3) is 0.273. The minimum atomic E-state index is -0.721. The molecule has 0 fully saturated rings. The molecule has 0 atom stereocenters. The molecule has 1 aromatic carbocycles. The van der Waals surface area contributed by atoms with Crippen LogP contribution in [-0.2, 0) is 5.54 Å². The third kappa shape index (κ3) is 2.30. The number of benzene rings is 1. The van der Waals surface area contributed by atoms with Crippen molar-refractivity contribution in [1.82, 2.24) is 10.1 Å². The molecule has 2 N–H and O–H groups in total. The number of hydrogen-bond acceptors (Lipinski definition) is 4. The standard InChI is InChI=1S/C11H11ClFN3O/c1-11(2,14)10-15-9(17-16-10)6-4-3-5-7(13)8(6)12/h3-5H,14H2,1-2H3. The van der Waals surface area contributed by atoms with Crippen molar-refractivity contribution in [2.75, 3.05) is 0 Å². The molecule has 90 valence electrons. The fourth-order valence-corrected chi connectivity index (χ4v) is 1.47. The van der Waals surface area contributed by atoms with Gasteiger partial charge in [-0.05, 0) is 26.0 Å². The molecule has 6 heteroatoms. The molecule has 0 bridgehead atoms. The Balaban J connectivity index is 2.48. The lowest BCUT2D eigenvalue weighted by atomic mass is 10.1. The van der Waals surface area contributed by atoms with E-state index in [-0.39, 0.29) is 10.9 Å². The number of aromatic nitrogens is 2. The first-order valence-corrected chi connectivity index (χ1v) is 5.35. The van der Waals surface area contributed by atoms with E-state index < -0.39 is 11.4 Å². The Hall–Kier alpha value is -1.46. The Morgan fingerprint density at radius 2 is 2.12 bits per heavy atom. The van der Waals surface area contributed by atoms with Crippen LogP contribution in [-0.4, -0.2) is 10.1 Å². The van der Waals surface area contributed by atoms with Gasteiger partial charge < -0.3 is 10.3 Å². The highest BCUT2D eigenvalue weighted by Gasteiger charge is 2.23. The van der Waals surface area contributed by atoms with Gasteiger partial charge in [0.05, 0.1) is 16.1 Å². The molecule has 2 aromatic rings. The maximum atomic E-state index is 13.3. The lowest BCUT2D eigenvalue weighted by Gasteiger charge is -2.11. The molecule has 0 amide bonds. The molecule has 0 saturated heterocycles. The van der Waals surface area contributed by atoms with Crippen molar-refractivity contribution < 1.29 is 8.91 Å². The smallest absolute Gasteiger partial charge is 0.259 e. The molecule has 2 rings (SSSR count). The Kier molecular flexibility index (Phi) is 2.89. The lowest BCUT2D eigenvalue weighted by Crippen LogP contribution is -2.30. The van der Waals surface area contributed by atoms with Crippen LogP contribution in [0.3, 0.4) is 0 Å². The van der Waals surface area contributed by atoms with Gasteiger partial charge in [0.1, 0.15) is 5.82 Å². The molecule has 0 radical (unpaired) electrons. The first-order chi connectivity index (χ1) is 7.89. The van der Waals surface area contributed by atoms with Gasteiger partial charge in [0.15, 0.2) is 5.82 Å². The minimum Gasteiger partial charge on any atom is -0.334 e. The Morgan fingerprint density at radius 1 is 1.41 bits per heavy atom. The van der Waals surface area contributed by atoms with Crippen molar-refractivity contribution in [3.8, 4) is 11.5 Å². The summed E-state index contributed by atoms with van der Waals surface area (Å²) >= 11 is 5.82. The quantitative estimate of drug-likeness (QED) is 0.896. The van der Waals surface area contributed by atoms with Crippen LogP contribution in [0.15, 0.2) is 22.7 Å². The molecule has 1 aromatic heterocycles. The highest BCUT2D eigenvalue weighted by Crippen LogP contribution is 2.29. The molecule has 0 aliphatic carbocycles. The maximum absolute atomic E-state index is 13.3. The average Bonchev–Trinajstić information content (AvgIpc) is 2.70. The number of nitrogens with two attached hydrogens (primary N) is 1. The first kappa shape index (κ1) is 12.0. The highest BCUT2D eigenvalue weighted by molar-refractivity contribution is 6.33. The molecule has 0 saturated carbocycles. The van der Waals surface area contributed by atoms with Gasteiger partial charge in [-0.1, -0.05) is 22.8 Å². The van der Waals surface area contributed by atoms with Crippen LogP contribution in [0.4, 0.5) is 4.39 Å². The van der Waals surface area contributed by atoms with E-state index in [1.54, 1.807) is 19.9 Å². The van der Waals surface area contributed by atoms with Crippen molar-refractivity contribution in [3.63, 3.8) is 0 Å². The van der Waals surface area contributed by atoms with Crippen LogP contribution >= 0.6 is 11.6 Å². The Labute approximate surface area is 103 Å². The zero-order valence-electron chi connectivity index (χ0n) is 9.37. The van der Waals surface area contributed by atoms with Crippen LogP contribution in [0.2, 0.25) is 5.02 Å². The summed E-state index contributed by atoms with van der Waals surface area (Å²) in [5, 5.41) is 3.70. The molecule has 1 heterocycles. The average molecular weight is 256 g/mol. The second-order valence-electron chi connectivity index (χ2n) is 4.25. The predicted molar refractivity (Wildman–Crippen MR) is 61.9 cm³/mol. The van der Waals surface area contributed by atoms with Crippen molar-refractivity contribution in [2.24, 2.45) is 5.73 Å². The maximum Gasteiger partial charge on any atom is 0.259 e. The van der Waals surface area contributed by atoms with E-state index in [0.717, 1.165) is 0 Å². The topological polar surface area (TPSA) is 64.9 Å². The lowest BCUT2D eigenvalue weighted by molar-refractivity contribution is 0.397. The van der Waals surface area contributed by atoms with Gasteiger partial charge in [0.25, 0.3) is 5.89 Å². The summed E-state index contributed by atoms with van der Waals surface area (Å²) in [6.07, 6.45) is 0. The van der Waals surface area contributed by atoms with Crippen LogP contribution in [0, 0.1) is 5.82 Å². The van der Waals surface area contributed by atoms with Crippen LogP contribution in [0.5, 0.6) is 0 Å². The Bertz CT molecular complexity index is 548. The van der Waals surface area contributed by atoms with Crippen molar-refractivity contribution in [2.45, 2.75) is 19.4 Å². The monoisotopic (exact) mass is 255 g/mol. The fourth-order valence-electron chi connectivity index (χ4n) is 1.26. The van der Waals surface area contributed by atoms with Gasteiger partial charge in [-0.25, -0.2) is 4.39 Å². The summed E-state index contributed by atoms with van der Waals surface area (Å²) in [6.45, 7) is 3.49. The SMILES string of the molecule is CC(C)(N)c1noc(-c2cccc(F)c2Cl)n1. The molecule has 0 unspecified atom stereocenters. The molecule has 0 aliphatic heterocycles. The first-order valence-electron chi connectivity index (χ1n) is 4.97.